The third-order valence-electron chi connectivity index (χ3n) is 1.78. The van der Waals surface area contributed by atoms with Gasteiger partial charge in [-0.1, -0.05) is 6.58 Å². The van der Waals surface area contributed by atoms with Gasteiger partial charge in [0.25, 0.3) is 0 Å². The smallest absolute Gasteiger partial charge is 0.334 e. The van der Waals surface area contributed by atoms with Crippen molar-refractivity contribution in [3.63, 3.8) is 0 Å². The molecule has 1 atom stereocenters. The summed E-state index contributed by atoms with van der Waals surface area (Å²) >= 11 is 0. The molecule has 1 unspecified atom stereocenters. The number of hydrogen-bond donors (Lipinski definition) is 1. The summed E-state index contributed by atoms with van der Waals surface area (Å²) in [6, 6.07) is 0. The van der Waals surface area contributed by atoms with Crippen LogP contribution in [0.4, 0.5) is 0 Å². The van der Waals surface area contributed by atoms with Gasteiger partial charge < -0.3 is 9.84 Å². The van der Waals surface area contributed by atoms with E-state index in [9.17, 15) is 4.79 Å². The van der Waals surface area contributed by atoms with Crippen LogP contribution in [0.5, 0.6) is 0 Å². The van der Waals surface area contributed by atoms with Gasteiger partial charge in [0.15, 0.2) is 6.23 Å². The van der Waals surface area contributed by atoms with Crippen molar-refractivity contribution in [1.82, 2.24) is 4.90 Å². The molecular formula is C10H19NO3. The summed E-state index contributed by atoms with van der Waals surface area (Å²) in [4.78, 5) is 13.0. The first-order valence-electron chi connectivity index (χ1n) is 4.62. The van der Waals surface area contributed by atoms with Crippen LogP contribution in [0.15, 0.2) is 12.2 Å². The van der Waals surface area contributed by atoms with E-state index in [1.54, 1.807) is 11.8 Å². The van der Waals surface area contributed by atoms with Gasteiger partial charge in [0.05, 0.1) is 0 Å². The predicted octanol–water partition coefficient (Wildman–Crippen LogP) is 0.766. The molecule has 0 aromatic heterocycles. The molecule has 14 heavy (non-hydrogen) atoms. The Balaban J connectivity index is 4.09. The third kappa shape index (κ3) is 4.99. The normalized spacial score (nSPS) is 12.6. The van der Waals surface area contributed by atoms with Crippen LogP contribution < -0.4 is 0 Å². The number of ether oxygens (including phenoxy) is 1. The summed E-state index contributed by atoms with van der Waals surface area (Å²) in [5.41, 5.74) is 0.390. The van der Waals surface area contributed by atoms with Gasteiger partial charge in [0.1, 0.15) is 0 Å². The Kier molecular flexibility index (Phi) is 6.16. The summed E-state index contributed by atoms with van der Waals surface area (Å²) < 4.78 is 5.15. The molecule has 0 heterocycles. The van der Waals surface area contributed by atoms with Crippen LogP contribution >= 0.6 is 0 Å². The molecule has 1 N–H and O–H groups in total. The average Bonchev–Trinajstić information content (AvgIpc) is 2.10. The van der Waals surface area contributed by atoms with E-state index in [4.69, 9.17) is 9.84 Å². The van der Waals surface area contributed by atoms with Crippen molar-refractivity contribution < 1.29 is 14.6 Å². The molecule has 0 aliphatic rings. The molecule has 0 amide bonds. The van der Waals surface area contributed by atoms with Crippen molar-refractivity contribution in [2.45, 2.75) is 26.0 Å². The highest BCUT2D eigenvalue weighted by atomic mass is 16.6. The Morgan fingerprint density at radius 1 is 1.57 bits per heavy atom. The third-order valence-corrected chi connectivity index (χ3v) is 1.78. The maximum absolute atomic E-state index is 11.2. The number of carbonyl (C=O) groups is 1. The predicted molar refractivity (Wildman–Crippen MR) is 54.7 cm³/mol. The lowest BCUT2D eigenvalue weighted by atomic mass is 10.2. The first-order chi connectivity index (χ1) is 6.49. The molecule has 0 aliphatic heterocycles. The van der Waals surface area contributed by atoms with Gasteiger partial charge in [-0.25, -0.2) is 4.79 Å². The fraction of sp³-hybridized carbons (Fsp3) is 0.700. The van der Waals surface area contributed by atoms with Crippen molar-refractivity contribution in [3.8, 4) is 0 Å². The van der Waals surface area contributed by atoms with Gasteiger partial charge in [0, 0.05) is 18.6 Å². The molecule has 0 bridgehead atoms. The number of nitrogens with zero attached hydrogens (tertiary/aromatic N) is 1. The second kappa shape index (κ2) is 6.56. The van der Waals surface area contributed by atoms with Crippen LogP contribution in [-0.4, -0.2) is 42.9 Å². The number of hydrogen-bond acceptors (Lipinski definition) is 4. The zero-order valence-electron chi connectivity index (χ0n) is 9.12. The quantitative estimate of drug-likeness (QED) is 0.392. The Labute approximate surface area is 85.2 Å². The first kappa shape index (κ1) is 13.1. The van der Waals surface area contributed by atoms with Gasteiger partial charge in [-0.05, 0) is 27.4 Å². The van der Waals surface area contributed by atoms with Crippen molar-refractivity contribution in [2.24, 2.45) is 0 Å². The number of aliphatic hydroxyl groups is 1. The minimum Gasteiger partial charge on any atom is -0.443 e. The number of carbonyl (C=O) groups excluding carboxylic acids is 1. The Hall–Kier alpha value is -0.870. The Bertz CT molecular complexity index is 202. The molecule has 4 heteroatoms. The van der Waals surface area contributed by atoms with Crippen LogP contribution in [0, 0.1) is 0 Å². The van der Waals surface area contributed by atoms with E-state index in [1.807, 2.05) is 14.1 Å². The molecule has 0 radical (unpaired) electrons. The maximum Gasteiger partial charge on any atom is 0.334 e. The minimum absolute atomic E-state index is 0.106. The minimum atomic E-state index is -0.387. The van der Waals surface area contributed by atoms with Gasteiger partial charge in [-0.2, -0.15) is 0 Å². The molecule has 0 saturated heterocycles. The summed E-state index contributed by atoms with van der Waals surface area (Å²) in [5.74, 6) is -0.387. The topological polar surface area (TPSA) is 49.8 Å². The lowest BCUT2D eigenvalue weighted by Crippen LogP contribution is -2.33. The zero-order chi connectivity index (χ0) is 11.1. The van der Waals surface area contributed by atoms with Crippen LogP contribution in [0.1, 0.15) is 19.8 Å². The van der Waals surface area contributed by atoms with E-state index in [-0.39, 0.29) is 18.8 Å². The van der Waals surface area contributed by atoms with Crippen LogP contribution in [0.25, 0.3) is 0 Å². The summed E-state index contributed by atoms with van der Waals surface area (Å²) in [5, 5.41) is 8.66. The lowest BCUT2D eigenvalue weighted by Gasteiger charge is -2.23. The molecule has 0 rings (SSSR count). The van der Waals surface area contributed by atoms with E-state index in [1.165, 1.54) is 0 Å². The molecule has 82 valence electrons. The van der Waals surface area contributed by atoms with Gasteiger partial charge in [-0.3, -0.25) is 4.90 Å². The second-order valence-electron chi connectivity index (χ2n) is 3.47. The van der Waals surface area contributed by atoms with Crippen LogP contribution in [-0.2, 0) is 9.53 Å². The maximum atomic E-state index is 11.2. The van der Waals surface area contributed by atoms with E-state index in [0.717, 1.165) is 0 Å². The van der Waals surface area contributed by atoms with Crippen molar-refractivity contribution >= 4 is 5.97 Å². The van der Waals surface area contributed by atoms with Gasteiger partial charge in [-0.15, -0.1) is 0 Å². The Morgan fingerprint density at radius 3 is 2.50 bits per heavy atom. The highest BCUT2D eigenvalue weighted by Gasteiger charge is 2.16. The summed E-state index contributed by atoms with van der Waals surface area (Å²) in [6.45, 7) is 5.22. The number of aliphatic hydroxyl groups excluding tert-OH is 1. The molecular weight excluding hydrogens is 182 g/mol. The fourth-order valence-electron chi connectivity index (χ4n) is 0.913. The SMILES string of the molecule is C=C(C)C(=O)OC(CCCO)N(C)C. The number of esters is 1. The largest absolute Gasteiger partial charge is 0.443 e. The molecule has 0 aromatic carbocycles. The fourth-order valence-corrected chi connectivity index (χ4v) is 0.913. The van der Waals surface area contributed by atoms with Crippen LogP contribution in [0.2, 0.25) is 0 Å². The second-order valence-corrected chi connectivity index (χ2v) is 3.47. The van der Waals surface area contributed by atoms with Crippen molar-refractivity contribution in [2.75, 3.05) is 20.7 Å². The van der Waals surface area contributed by atoms with E-state index in [0.29, 0.717) is 18.4 Å². The molecule has 0 aromatic rings. The molecule has 0 fully saturated rings. The molecule has 4 nitrogen and oxygen atoms in total. The van der Waals surface area contributed by atoms with E-state index >= 15 is 0 Å². The monoisotopic (exact) mass is 201 g/mol. The molecule has 0 aliphatic carbocycles. The highest BCUT2D eigenvalue weighted by molar-refractivity contribution is 5.87. The molecule has 0 saturated carbocycles. The number of rotatable bonds is 6. The zero-order valence-corrected chi connectivity index (χ0v) is 9.12. The van der Waals surface area contributed by atoms with Crippen molar-refractivity contribution in [3.05, 3.63) is 12.2 Å². The first-order valence-corrected chi connectivity index (χ1v) is 4.62. The highest BCUT2D eigenvalue weighted by Crippen LogP contribution is 2.07. The lowest BCUT2D eigenvalue weighted by molar-refractivity contribution is -0.152. The van der Waals surface area contributed by atoms with Crippen molar-refractivity contribution in [1.29, 1.82) is 0 Å². The van der Waals surface area contributed by atoms with Gasteiger partial charge >= 0.3 is 5.97 Å². The van der Waals surface area contributed by atoms with Gasteiger partial charge in [0.2, 0.25) is 0 Å². The van der Waals surface area contributed by atoms with E-state index in [2.05, 4.69) is 6.58 Å². The van der Waals surface area contributed by atoms with Crippen LogP contribution in [0.3, 0.4) is 0 Å². The Morgan fingerprint density at radius 2 is 2.14 bits per heavy atom. The van der Waals surface area contributed by atoms with E-state index < -0.39 is 0 Å². The standard InChI is InChI=1S/C10H19NO3/c1-8(2)10(13)14-9(11(3)4)6-5-7-12/h9,12H,1,5-7H2,2-4H3. The molecule has 0 spiro atoms. The average molecular weight is 201 g/mol. The summed E-state index contributed by atoms with van der Waals surface area (Å²) in [6.07, 6.45) is 0.959. The summed E-state index contributed by atoms with van der Waals surface area (Å²) in [7, 11) is 3.65.